The molecule has 0 atom stereocenters. The van der Waals surface area contributed by atoms with Gasteiger partial charge in [0.2, 0.25) is 15.9 Å². The molecule has 1 amide bonds. The van der Waals surface area contributed by atoms with Crippen molar-refractivity contribution >= 4 is 27.3 Å². The SMILES string of the molecule is COc1ccccc1CC(=O)Nc1cc(S(N)(=O)=O)ccc1N(C)C. The van der Waals surface area contributed by atoms with Crippen LogP contribution in [0.3, 0.4) is 0 Å². The van der Waals surface area contributed by atoms with Crippen LogP contribution in [0.15, 0.2) is 47.4 Å². The number of nitrogens with one attached hydrogen (secondary N) is 1. The van der Waals surface area contributed by atoms with Crippen LogP contribution in [0.4, 0.5) is 11.4 Å². The van der Waals surface area contributed by atoms with Crippen LogP contribution < -0.4 is 20.1 Å². The van der Waals surface area contributed by atoms with Gasteiger partial charge in [-0.1, -0.05) is 18.2 Å². The second-order valence-corrected chi connectivity index (χ2v) is 7.22. The number of methoxy groups -OCH3 is 1. The van der Waals surface area contributed by atoms with E-state index in [0.29, 0.717) is 17.1 Å². The molecular formula is C17H21N3O4S. The molecule has 25 heavy (non-hydrogen) atoms. The molecule has 0 saturated carbocycles. The maximum absolute atomic E-state index is 12.4. The van der Waals surface area contributed by atoms with Gasteiger partial charge in [-0.05, 0) is 24.3 Å². The Kier molecular flexibility index (Phi) is 5.66. The first-order valence-electron chi connectivity index (χ1n) is 7.48. The molecule has 134 valence electrons. The van der Waals surface area contributed by atoms with E-state index < -0.39 is 10.0 Å². The summed E-state index contributed by atoms with van der Waals surface area (Å²) in [5.74, 6) is 0.322. The van der Waals surface area contributed by atoms with Gasteiger partial charge >= 0.3 is 0 Å². The molecule has 8 heteroatoms. The number of hydrogen-bond acceptors (Lipinski definition) is 5. The van der Waals surface area contributed by atoms with Gasteiger partial charge in [0.1, 0.15) is 5.75 Å². The van der Waals surface area contributed by atoms with Crippen molar-refractivity contribution in [3.63, 3.8) is 0 Å². The number of rotatable bonds is 6. The summed E-state index contributed by atoms with van der Waals surface area (Å²) in [7, 11) is 1.26. The summed E-state index contributed by atoms with van der Waals surface area (Å²) in [5, 5.41) is 7.92. The molecule has 3 N–H and O–H groups in total. The predicted molar refractivity (Wildman–Crippen MR) is 97.5 cm³/mol. The van der Waals surface area contributed by atoms with Crippen LogP contribution in [0.5, 0.6) is 5.75 Å². The van der Waals surface area contributed by atoms with E-state index >= 15 is 0 Å². The van der Waals surface area contributed by atoms with Crippen molar-refractivity contribution in [3.05, 3.63) is 48.0 Å². The first-order chi connectivity index (χ1) is 11.7. The molecule has 0 saturated heterocycles. The van der Waals surface area contributed by atoms with Crippen molar-refractivity contribution < 1.29 is 17.9 Å². The summed E-state index contributed by atoms with van der Waals surface area (Å²) in [6.07, 6.45) is 0.0937. The van der Waals surface area contributed by atoms with Crippen molar-refractivity contribution in [2.75, 3.05) is 31.4 Å². The highest BCUT2D eigenvalue weighted by Crippen LogP contribution is 2.28. The minimum Gasteiger partial charge on any atom is -0.496 e. The third-order valence-corrected chi connectivity index (χ3v) is 4.51. The van der Waals surface area contributed by atoms with Crippen LogP contribution in [0.1, 0.15) is 5.56 Å². The number of amides is 1. The summed E-state index contributed by atoms with van der Waals surface area (Å²) in [4.78, 5) is 14.1. The number of benzene rings is 2. The summed E-state index contributed by atoms with van der Waals surface area (Å²) in [5.41, 5.74) is 1.77. The van der Waals surface area contributed by atoms with Crippen molar-refractivity contribution in [1.29, 1.82) is 0 Å². The van der Waals surface area contributed by atoms with E-state index in [1.165, 1.54) is 19.2 Å². The number of nitrogens with zero attached hydrogens (tertiary/aromatic N) is 1. The lowest BCUT2D eigenvalue weighted by atomic mass is 10.1. The number of primary sulfonamides is 1. The lowest BCUT2D eigenvalue weighted by molar-refractivity contribution is -0.115. The van der Waals surface area contributed by atoms with Gasteiger partial charge in [0.15, 0.2) is 0 Å². The van der Waals surface area contributed by atoms with Crippen LogP contribution in [0.2, 0.25) is 0 Å². The van der Waals surface area contributed by atoms with Crippen LogP contribution in [-0.2, 0) is 21.2 Å². The molecule has 0 unspecified atom stereocenters. The number of carbonyl (C=O) groups is 1. The Bertz CT molecular complexity index is 879. The standard InChI is InChI=1S/C17H21N3O4S/c1-20(2)15-9-8-13(25(18,22)23)11-14(15)19-17(21)10-12-6-4-5-7-16(12)24-3/h4-9,11H,10H2,1-3H3,(H,19,21)(H2,18,22,23). The van der Waals surface area contributed by atoms with Crippen molar-refractivity contribution in [2.45, 2.75) is 11.3 Å². The number of carbonyl (C=O) groups excluding carboxylic acids is 1. The molecule has 0 spiro atoms. The van der Waals surface area contributed by atoms with Crippen molar-refractivity contribution in [3.8, 4) is 5.75 Å². The molecule has 0 heterocycles. The molecule has 0 aliphatic rings. The fourth-order valence-electron chi connectivity index (χ4n) is 2.40. The molecular weight excluding hydrogens is 342 g/mol. The minimum atomic E-state index is -3.86. The molecule has 2 rings (SSSR count). The van der Waals surface area contributed by atoms with E-state index in [2.05, 4.69) is 5.32 Å². The number of anilines is 2. The fraction of sp³-hybridized carbons (Fsp3) is 0.235. The van der Waals surface area contributed by atoms with Crippen LogP contribution >= 0.6 is 0 Å². The Morgan fingerprint density at radius 1 is 1.20 bits per heavy atom. The molecule has 2 aromatic carbocycles. The molecule has 2 aromatic rings. The maximum Gasteiger partial charge on any atom is 0.238 e. The Morgan fingerprint density at radius 3 is 2.48 bits per heavy atom. The van der Waals surface area contributed by atoms with E-state index in [-0.39, 0.29) is 17.2 Å². The molecule has 0 aliphatic carbocycles. The molecule has 0 radical (unpaired) electrons. The average Bonchev–Trinajstić information content (AvgIpc) is 2.54. The Hall–Kier alpha value is -2.58. The normalized spacial score (nSPS) is 11.0. The van der Waals surface area contributed by atoms with Gasteiger partial charge in [0.25, 0.3) is 0 Å². The van der Waals surface area contributed by atoms with Crippen LogP contribution in [-0.4, -0.2) is 35.5 Å². The zero-order chi connectivity index (χ0) is 18.6. The van der Waals surface area contributed by atoms with Crippen molar-refractivity contribution in [2.24, 2.45) is 5.14 Å². The predicted octanol–water partition coefficient (Wildman–Crippen LogP) is 1.59. The summed E-state index contributed by atoms with van der Waals surface area (Å²) >= 11 is 0. The Morgan fingerprint density at radius 2 is 1.88 bits per heavy atom. The first-order valence-corrected chi connectivity index (χ1v) is 9.03. The third-order valence-electron chi connectivity index (χ3n) is 3.60. The van der Waals surface area contributed by atoms with E-state index in [1.807, 2.05) is 12.1 Å². The first kappa shape index (κ1) is 18.8. The lowest BCUT2D eigenvalue weighted by Crippen LogP contribution is -2.20. The van der Waals surface area contributed by atoms with Crippen molar-refractivity contribution in [1.82, 2.24) is 0 Å². The number of hydrogen-bond donors (Lipinski definition) is 2. The van der Waals surface area contributed by atoms with E-state index in [4.69, 9.17) is 9.88 Å². The van der Waals surface area contributed by atoms with Gasteiger partial charge in [0.05, 0.1) is 29.8 Å². The summed E-state index contributed by atoms with van der Waals surface area (Å²) in [6.45, 7) is 0. The molecule has 7 nitrogen and oxygen atoms in total. The Labute approximate surface area is 147 Å². The molecule has 0 aromatic heterocycles. The Balaban J connectivity index is 2.30. The smallest absolute Gasteiger partial charge is 0.238 e. The van der Waals surface area contributed by atoms with Gasteiger partial charge in [-0.25, -0.2) is 13.6 Å². The average molecular weight is 363 g/mol. The van der Waals surface area contributed by atoms with E-state index in [1.54, 1.807) is 37.2 Å². The monoisotopic (exact) mass is 363 g/mol. The van der Waals surface area contributed by atoms with Gasteiger partial charge < -0.3 is 15.0 Å². The third kappa shape index (κ3) is 4.71. The highest BCUT2D eigenvalue weighted by molar-refractivity contribution is 7.89. The topological polar surface area (TPSA) is 102 Å². The maximum atomic E-state index is 12.4. The number of ether oxygens (including phenoxy) is 1. The molecule has 0 bridgehead atoms. The second-order valence-electron chi connectivity index (χ2n) is 5.66. The summed E-state index contributed by atoms with van der Waals surface area (Å²) in [6, 6.07) is 11.6. The quantitative estimate of drug-likeness (QED) is 0.811. The van der Waals surface area contributed by atoms with Crippen LogP contribution in [0.25, 0.3) is 0 Å². The largest absolute Gasteiger partial charge is 0.496 e. The van der Waals surface area contributed by atoms with Crippen LogP contribution in [0, 0.1) is 0 Å². The lowest BCUT2D eigenvalue weighted by Gasteiger charge is -2.19. The van der Waals surface area contributed by atoms with Gasteiger partial charge in [-0.2, -0.15) is 0 Å². The number of sulfonamides is 1. The molecule has 0 fully saturated rings. The van der Waals surface area contributed by atoms with Gasteiger partial charge in [-0.3, -0.25) is 4.79 Å². The number of nitrogens with two attached hydrogens (primary N) is 1. The van der Waals surface area contributed by atoms with E-state index in [9.17, 15) is 13.2 Å². The zero-order valence-corrected chi connectivity index (χ0v) is 15.1. The zero-order valence-electron chi connectivity index (χ0n) is 14.3. The van der Waals surface area contributed by atoms with Gasteiger partial charge in [0, 0.05) is 19.7 Å². The highest BCUT2D eigenvalue weighted by atomic mass is 32.2. The second kappa shape index (κ2) is 7.54. The van der Waals surface area contributed by atoms with E-state index in [0.717, 1.165) is 5.56 Å². The van der Waals surface area contributed by atoms with Gasteiger partial charge in [-0.15, -0.1) is 0 Å². The highest BCUT2D eigenvalue weighted by Gasteiger charge is 2.15. The minimum absolute atomic E-state index is 0.0642. The molecule has 0 aliphatic heterocycles. The summed E-state index contributed by atoms with van der Waals surface area (Å²) < 4.78 is 28.4. The fourth-order valence-corrected chi connectivity index (χ4v) is 2.94. The number of para-hydroxylation sites is 1.